The molecular weight excluding hydrogens is 392 g/mol. The maximum atomic E-state index is 12.1. The maximum absolute atomic E-state index is 12.1. The topological polar surface area (TPSA) is 35.5 Å². The fraction of sp³-hybridized carbons (Fsp3) is 0.316. The van der Waals surface area contributed by atoms with Crippen LogP contribution in [0.2, 0.25) is 5.02 Å². The van der Waals surface area contributed by atoms with Crippen LogP contribution in [0.3, 0.4) is 0 Å². The summed E-state index contributed by atoms with van der Waals surface area (Å²) in [6, 6.07) is 9.52. The number of halogens is 2. The molecule has 0 unspecified atom stereocenters. The maximum Gasteiger partial charge on any atom is 0.349 e. The fourth-order valence-corrected chi connectivity index (χ4v) is 3.35. The molecule has 0 aliphatic carbocycles. The van der Waals surface area contributed by atoms with Crippen LogP contribution in [-0.4, -0.2) is 12.6 Å². The van der Waals surface area contributed by atoms with Crippen LogP contribution < -0.4 is 9.47 Å². The van der Waals surface area contributed by atoms with Crippen LogP contribution in [0, 0.1) is 13.8 Å². The average Bonchev–Trinajstić information content (AvgIpc) is 2.48. The van der Waals surface area contributed by atoms with E-state index in [1.54, 1.807) is 6.07 Å². The summed E-state index contributed by atoms with van der Waals surface area (Å²) in [5.41, 5.74) is 2.92. The molecule has 0 aliphatic rings. The molecule has 3 nitrogen and oxygen atoms in total. The normalized spacial score (nSPS) is 10.8. The summed E-state index contributed by atoms with van der Waals surface area (Å²) in [5, 5.41) is 0.383. The first-order chi connectivity index (χ1) is 11.3. The van der Waals surface area contributed by atoms with Gasteiger partial charge in [0, 0.05) is 4.47 Å². The van der Waals surface area contributed by atoms with E-state index in [0.717, 1.165) is 21.2 Å². The van der Waals surface area contributed by atoms with Gasteiger partial charge < -0.3 is 9.47 Å². The van der Waals surface area contributed by atoms with Crippen molar-refractivity contribution in [1.82, 2.24) is 0 Å². The number of hydrogen-bond acceptors (Lipinski definition) is 3. The van der Waals surface area contributed by atoms with Gasteiger partial charge in [-0.15, -0.1) is 0 Å². The Balaban J connectivity index is 2.08. The third kappa shape index (κ3) is 4.74. The largest absolute Gasteiger partial charge is 0.482 e. The molecule has 0 atom stereocenters. The number of esters is 1. The van der Waals surface area contributed by atoms with E-state index in [4.69, 9.17) is 21.1 Å². The fourth-order valence-electron chi connectivity index (χ4n) is 2.34. The Morgan fingerprint density at radius 1 is 1.21 bits per heavy atom. The van der Waals surface area contributed by atoms with E-state index >= 15 is 0 Å². The van der Waals surface area contributed by atoms with Gasteiger partial charge in [0.1, 0.15) is 5.75 Å². The second kappa shape index (κ2) is 8.04. The lowest BCUT2D eigenvalue weighted by atomic mass is 10.0. The second-order valence-corrected chi connectivity index (χ2v) is 7.32. The molecule has 128 valence electrons. The molecule has 0 fully saturated rings. The molecule has 0 spiro atoms. The first-order valence-electron chi connectivity index (χ1n) is 7.67. The van der Waals surface area contributed by atoms with Gasteiger partial charge in [0.2, 0.25) is 0 Å². The number of carbonyl (C=O) groups is 1. The van der Waals surface area contributed by atoms with E-state index in [0.29, 0.717) is 22.4 Å². The van der Waals surface area contributed by atoms with Crippen molar-refractivity contribution in [2.45, 2.75) is 33.6 Å². The van der Waals surface area contributed by atoms with E-state index in [9.17, 15) is 4.79 Å². The highest BCUT2D eigenvalue weighted by Crippen LogP contribution is 2.32. The Bertz CT molecular complexity index is 733. The third-order valence-electron chi connectivity index (χ3n) is 3.55. The first kappa shape index (κ1) is 18.8. The first-order valence-corrected chi connectivity index (χ1v) is 8.84. The summed E-state index contributed by atoms with van der Waals surface area (Å²) in [5.74, 6) is 0.890. The van der Waals surface area contributed by atoms with Crippen LogP contribution in [0.25, 0.3) is 0 Å². The Morgan fingerprint density at radius 2 is 1.92 bits per heavy atom. The van der Waals surface area contributed by atoms with Gasteiger partial charge in [0.25, 0.3) is 0 Å². The van der Waals surface area contributed by atoms with Crippen LogP contribution in [0.15, 0.2) is 34.8 Å². The molecule has 5 heteroatoms. The summed E-state index contributed by atoms with van der Waals surface area (Å²) in [4.78, 5) is 12.1. The highest BCUT2D eigenvalue weighted by molar-refractivity contribution is 9.10. The summed E-state index contributed by atoms with van der Waals surface area (Å²) in [7, 11) is 0. The van der Waals surface area contributed by atoms with Crippen LogP contribution >= 0.6 is 27.5 Å². The molecule has 0 N–H and O–H groups in total. The van der Waals surface area contributed by atoms with Crippen molar-refractivity contribution >= 4 is 33.5 Å². The van der Waals surface area contributed by atoms with Crippen molar-refractivity contribution in [1.29, 1.82) is 0 Å². The van der Waals surface area contributed by atoms with Crippen molar-refractivity contribution in [3.8, 4) is 11.5 Å². The highest BCUT2D eigenvalue weighted by atomic mass is 79.9. The molecule has 0 saturated carbocycles. The molecule has 24 heavy (non-hydrogen) atoms. The SMILES string of the molecule is Cc1ccc(C(C)C)c(OCC(=O)Oc2c(C)cc(Br)cc2Cl)c1. The lowest BCUT2D eigenvalue weighted by molar-refractivity contribution is -0.136. The van der Waals surface area contributed by atoms with Crippen molar-refractivity contribution in [2.75, 3.05) is 6.61 Å². The zero-order chi connectivity index (χ0) is 17.9. The predicted molar refractivity (Wildman–Crippen MR) is 100 cm³/mol. The monoisotopic (exact) mass is 410 g/mol. The van der Waals surface area contributed by atoms with Gasteiger partial charge in [-0.25, -0.2) is 4.79 Å². The quantitative estimate of drug-likeness (QED) is 0.459. The molecule has 0 aliphatic heterocycles. The minimum absolute atomic E-state index is 0.172. The van der Waals surface area contributed by atoms with Crippen LogP contribution in [0.5, 0.6) is 11.5 Å². The molecule has 2 aromatic carbocycles. The van der Waals surface area contributed by atoms with Crippen LogP contribution in [0.1, 0.15) is 36.5 Å². The predicted octanol–water partition coefficient (Wildman–Crippen LogP) is 5.83. The molecule has 0 aromatic heterocycles. The Kier molecular flexibility index (Phi) is 6.30. The molecule has 2 rings (SSSR count). The Labute approximate surface area is 156 Å². The molecule has 0 amide bonds. The number of rotatable bonds is 5. The number of benzene rings is 2. The summed E-state index contributed by atoms with van der Waals surface area (Å²) in [6.07, 6.45) is 0. The number of carbonyl (C=O) groups excluding carboxylic acids is 1. The summed E-state index contributed by atoms with van der Waals surface area (Å²) in [6.45, 7) is 7.81. The van der Waals surface area contributed by atoms with Crippen molar-refractivity contribution in [2.24, 2.45) is 0 Å². The lowest BCUT2D eigenvalue weighted by Crippen LogP contribution is -2.19. The van der Waals surface area contributed by atoms with Gasteiger partial charge in [0.15, 0.2) is 12.4 Å². The van der Waals surface area contributed by atoms with Gasteiger partial charge in [-0.1, -0.05) is 53.5 Å². The molecule has 0 heterocycles. The van der Waals surface area contributed by atoms with Crippen LogP contribution in [0.4, 0.5) is 0 Å². The summed E-state index contributed by atoms with van der Waals surface area (Å²) < 4.78 is 11.9. The van der Waals surface area contributed by atoms with Gasteiger partial charge in [-0.05, 0) is 54.7 Å². The third-order valence-corrected chi connectivity index (χ3v) is 4.29. The summed E-state index contributed by atoms with van der Waals surface area (Å²) >= 11 is 9.49. The lowest BCUT2D eigenvalue weighted by Gasteiger charge is -2.15. The van der Waals surface area contributed by atoms with E-state index in [2.05, 4.69) is 29.8 Å². The minimum atomic E-state index is -0.487. The zero-order valence-electron chi connectivity index (χ0n) is 14.2. The smallest absolute Gasteiger partial charge is 0.349 e. The number of ether oxygens (including phenoxy) is 2. The highest BCUT2D eigenvalue weighted by Gasteiger charge is 2.15. The van der Waals surface area contributed by atoms with E-state index in [1.165, 1.54) is 0 Å². The van der Waals surface area contributed by atoms with E-state index in [-0.39, 0.29) is 6.61 Å². The Morgan fingerprint density at radius 3 is 2.54 bits per heavy atom. The van der Waals surface area contributed by atoms with Crippen LogP contribution in [-0.2, 0) is 4.79 Å². The average molecular weight is 412 g/mol. The van der Waals surface area contributed by atoms with E-state index < -0.39 is 5.97 Å². The number of aryl methyl sites for hydroxylation is 2. The van der Waals surface area contributed by atoms with Gasteiger partial charge in [-0.2, -0.15) is 0 Å². The minimum Gasteiger partial charge on any atom is -0.482 e. The van der Waals surface area contributed by atoms with Gasteiger partial charge in [-0.3, -0.25) is 0 Å². The standard InChI is InChI=1S/C19H20BrClO3/c1-11(2)15-6-5-12(3)7-17(15)23-10-18(22)24-19-13(4)8-14(20)9-16(19)21/h5-9,11H,10H2,1-4H3. The second-order valence-electron chi connectivity index (χ2n) is 5.99. The molecular formula is C19H20BrClO3. The van der Waals surface area contributed by atoms with Crippen molar-refractivity contribution < 1.29 is 14.3 Å². The number of hydrogen-bond donors (Lipinski definition) is 0. The molecule has 0 bridgehead atoms. The van der Waals surface area contributed by atoms with Crippen molar-refractivity contribution in [3.63, 3.8) is 0 Å². The van der Waals surface area contributed by atoms with E-state index in [1.807, 2.05) is 38.1 Å². The molecule has 0 saturated heterocycles. The molecule has 0 radical (unpaired) electrons. The molecule has 2 aromatic rings. The van der Waals surface area contributed by atoms with Gasteiger partial charge in [0.05, 0.1) is 5.02 Å². The zero-order valence-corrected chi connectivity index (χ0v) is 16.5. The van der Waals surface area contributed by atoms with Crippen molar-refractivity contribution in [3.05, 3.63) is 56.5 Å². The Hall–Kier alpha value is -1.52. The van der Waals surface area contributed by atoms with Gasteiger partial charge >= 0.3 is 5.97 Å².